The van der Waals surface area contributed by atoms with Crippen LogP contribution < -0.4 is 5.32 Å². The van der Waals surface area contributed by atoms with E-state index in [9.17, 15) is 4.39 Å². The maximum absolute atomic E-state index is 13.5. The molecule has 1 fully saturated rings. The molecule has 4 unspecified atom stereocenters. The predicted octanol–water partition coefficient (Wildman–Crippen LogP) is 4.47. The Morgan fingerprint density at radius 3 is 2.58 bits per heavy atom. The molecule has 0 aromatic heterocycles. The second-order valence-corrected chi connectivity index (χ2v) is 6.29. The normalized spacial score (nSPS) is 29.2. The molecule has 0 radical (unpaired) electrons. The molecule has 0 amide bonds. The lowest BCUT2D eigenvalue weighted by Gasteiger charge is -2.37. The fraction of sp³-hybridized carbons (Fsp3) is 0.647. The van der Waals surface area contributed by atoms with Crippen LogP contribution in [0.5, 0.6) is 0 Å². The van der Waals surface area contributed by atoms with Gasteiger partial charge in [0.25, 0.3) is 0 Å². The molecule has 1 saturated carbocycles. The number of nitrogens with one attached hydrogen (secondary N) is 1. The second kappa shape index (κ2) is 6.04. The van der Waals surface area contributed by atoms with E-state index in [2.05, 4.69) is 26.1 Å². The number of halogens is 1. The van der Waals surface area contributed by atoms with Crippen LogP contribution in [0.1, 0.15) is 50.3 Å². The van der Waals surface area contributed by atoms with Crippen LogP contribution >= 0.6 is 0 Å². The Bertz CT molecular complexity index is 429. The number of hydrogen-bond donors (Lipinski definition) is 1. The van der Waals surface area contributed by atoms with Crippen LogP contribution in [0.15, 0.2) is 18.2 Å². The fourth-order valence-electron chi connectivity index (χ4n) is 3.48. The van der Waals surface area contributed by atoms with Gasteiger partial charge in [0.2, 0.25) is 0 Å². The molecular formula is C17H26FN. The average Bonchev–Trinajstić information content (AvgIpc) is 2.38. The van der Waals surface area contributed by atoms with E-state index in [1.165, 1.54) is 24.8 Å². The second-order valence-electron chi connectivity index (χ2n) is 6.29. The molecule has 2 heteroatoms. The zero-order valence-corrected chi connectivity index (χ0v) is 12.5. The standard InChI is InChI=1S/C17H26FN/c1-11-5-7-14(9-13(11)3)17(19-4)16-10-15(18)8-6-12(16)2/h6,8,10-11,13-14,17,19H,5,7,9H2,1-4H3. The Morgan fingerprint density at radius 1 is 1.21 bits per heavy atom. The van der Waals surface area contributed by atoms with Gasteiger partial charge in [0, 0.05) is 6.04 Å². The van der Waals surface area contributed by atoms with Crippen molar-refractivity contribution in [3.63, 3.8) is 0 Å². The maximum atomic E-state index is 13.5. The lowest BCUT2D eigenvalue weighted by atomic mass is 9.71. The van der Waals surface area contributed by atoms with E-state index in [-0.39, 0.29) is 11.9 Å². The summed E-state index contributed by atoms with van der Waals surface area (Å²) in [6, 6.07) is 5.44. The molecule has 1 aliphatic rings. The number of aryl methyl sites for hydroxylation is 1. The molecule has 1 aromatic rings. The molecule has 4 atom stereocenters. The minimum absolute atomic E-state index is 0.127. The zero-order valence-electron chi connectivity index (χ0n) is 12.5. The number of rotatable bonds is 3. The molecule has 1 aromatic carbocycles. The highest BCUT2D eigenvalue weighted by Gasteiger charge is 2.30. The maximum Gasteiger partial charge on any atom is 0.123 e. The Balaban J connectivity index is 2.22. The van der Waals surface area contributed by atoms with Gasteiger partial charge in [-0.25, -0.2) is 4.39 Å². The van der Waals surface area contributed by atoms with Crippen LogP contribution in [0.2, 0.25) is 0 Å². The third-order valence-corrected chi connectivity index (χ3v) is 5.00. The van der Waals surface area contributed by atoms with Gasteiger partial charge in [-0.05, 0) is 67.8 Å². The predicted molar refractivity (Wildman–Crippen MR) is 78.6 cm³/mol. The highest BCUT2D eigenvalue weighted by atomic mass is 19.1. The largest absolute Gasteiger partial charge is 0.313 e. The van der Waals surface area contributed by atoms with E-state index in [0.717, 1.165) is 17.4 Å². The van der Waals surface area contributed by atoms with Gasteiger partial charge in [-0.3, -0.25) is 0 Å². The van der Waals surface area contributed by atoms with Crippen molar-refractivity contribution in [2.75, 3.05) is 7.05 Å². The van der Waals surface area contributed by atoms with Gasteiger partial charge in [0.1, 0.15) is 5.82 Å². The first kappa shape index (κ1) is 14.5. The Labute approximate surface area is 116 Å². The van der Waals surface area contributed by atoms with Gasteiger partial charge in [-0.2, -0.15) is 0 Å². The van der Waals surface area contributed by atoms with Crippen molar-refractivity contribution in [1.82, 2.24) is 5.32 Å². The van der Waals surface area contributed by atoms with Gasteiger partial charge in [-0.15, -0.1) is 0 Å². The van der Waals surface area contributed by atoms with E-state index in [0.29, 0.717) is 5.92 Å². The SMILES string of the molecule is CNC(c1cc(F)ccc1C)C1CCC(C)C(C)C1. The van der Waals surface area contributed by atoms with E-state index < -0.39 is 0 Å². The first-order valence-electron chi connectivity index (χ1n) is 7.46. The topological polar surface area (TPSA) is 12.0 Å². The molecule has 1 aliphatic carbocycles. The van der Waals surface area contributed by atoms with Crippen molar-refractivity contribution >= 4 is 0 Å². The van der Waals surface area contributed by atoms with Gasteiger partial charge >= 0.3 is 0 Å². The molecule has 1 N–H and O–H groups in total. The van der Waals surface area contributed by atoms with E-state index >= 15 is 0 Å². The fourth-order valence-corrected chi connectivity index (χ4v) is 3.48. The molecule has 106 valence electrons. The Morgan fingerprint density at radius 2 is 1.95 bits per heavy atom. The first-order valence-corrected chi connectivity index (χ1v) is 7.46. The van der Waals surface area contributed by atoms with Gasteiger partial charge in [0.15, 0.2) is 0 Å². The van der Waals surface area contributed by atoms with Gasteiger partial charge in [-0.1, -0.05) is 26.3 Å². The summed E-state index contributed by atoms with van der Waals surface area (Å²) >= 11 is 0. The van der Waals surface area contributed by atoms with Crippen molar-refractivity contribution in [2.24, 2.45) is 17.8 Å². The lowest BCUT2D eigenvalue weighted by molar-refractivity contribution is 0.174. The molecule has 0 spiro atoms. The summed E-state index contributed by atoms with van der Waals surface area (Å²) in [7, 11) is 2.00. The lowest BCUT2D eigenvalue weighted by Crippen LogP contribution is -2.32. The summed E-state index contributed by atoms with van der Waals surface area (Å²) in [5.74, 6) is 2.08. The summed E-state index contributed by atoms with van der Waals surface area (Å²) in [6.07, 6.45) is 3.77. The summed E-state index contributed by atoms with van der Waals surface area (Å²) < 4.78 is 13.5. The summed E-state index contributed by atoms with van der Waals surface area (Å²) in [6.45, 7) is 6.78. The molecule has 2 rings (SSSR count). The third-order valence-electron chi connectivity index (χ3n) is 5.00. The monoisotopic (exact) mass is 263 g/mol. The summed E-state index contributed by atoms with van der Waals surface area (Å²) in [5, 5.41) is 3.42. The number of hydrogen-bond acceptors (Lipinski definition) is 1. The zero-order chi connectivity index (χ0) is 14.0. The van der Waals surface area contributed by atoms with Crippen molar-refractivity contribution < 1.29 is 4.39 Å². The summed E-state index contributed by atoms with van der Waals surface area (Å²) in [4.78, 5) is 0. The molecule has 0 heterocycles. The number of benzene rings is 1. The average molecular weight is 263 g/mol. The Kier molecular flexibility index (Phi) is 4.62. The molecule has 19 heavy (non-hydrogen) atoms. The van der Waals surface area contributed by atoms with E-state index in [1.54, 1.807) is 12.1 Å². The van der Waals surface area contributed by atoms with E-state index in [1.807, 2.05) is 13.1 Å². The van der Waals surface area contributed by atoms with Crippen molar-refractivity contribution in [3.8, 4) is 0 Å². The van der Waals surface area contributed by atoms with Crippen LogP contribution in [0, 0.1) is 30.5 Å². The van der Waals surface area contributed by atoms with Crippen molar-refractivity contribution in [1.29, 1.82) is 0 Å². The molecule has 0 bridgehead atoms. The molecule has 0 saturated heterocycles. The van der Waals surface area contributed by atoms with E-state index in [4.69, 9.17) is 0 Å². The molecule has 1 nitrogen and oxygen atoms in total. The quantitative estimate of drug-likeness (QED) is 0.848. The van der Waals surface area contributed by atoms with Crippen molar-refractivity contribution in [3.05, 3.63) is 35.1 Å². The van der Waals surface area contributed by atoms with Gasteiger partial charge in [0.05, 0.1) is 0 Å². The third kappa shape index (κ3) is 3.17. The van der Waals surface area contributed by atoms with Crippen LogP contribution in [0.3, 0.4) is 0 Å². The highest BCUT2D eigenvalue weighted by Crippen LogP contribution is 2.40. The highest BCUT2D eigenvalue weighted by molar-refractivity contribution is 5.30. The minimum Gasteiger partial charge on any atom is -0.313 e. The van der Waals surface area contributed by atoms with Crippen LogP contribution in [0.4, 0.5) is 4.39 Å². The van der Waals surface area contributed by atoms with Crippen molar-refractivity contribution in [2.45, 2.75) is 46.1 Å². The van der Waals surface area contributed by atoms with Gasteiger partial charge < -0.3 is 5.32 Å². The van der Waals surface area contributed by atoms with Crippen LogP contribution in [-0.2, 0) is 0 Å². The smallest absolute Gasteiger partial charge is 0.123 e. The minimum atomic E-state index is -0.127. The Hall–Kier alpha value is -0.890. The first-order chi connectivity index (χ1) is 9.02. The van der Waals surface area contributed by atoms with Crippen LogP contribution in [-0.4, -0.2) is 7.05 Å². The van der Waals surface area contributed by atoms with Crippen LogP contribution in [0.25, 0.3) is 0 Å². The molecular weight excluding hydrogens is 237 g/mol. The molecule has 0 aliphatic heterocycles. The summed E-state index contributed by atoms with van der Waals surface area (Å²) in [5.41, 5.74) is 2.32.